The van der Waals surface area contributed by atoms with E-state index in [1.807, 2.05) is 30.3 Å². The summed E-state index contributed by atoms with van der Waals surface area (Å²) in [6.45, 7) is 0.0334. The van der Waals surface area contributed by atoms with Gasteiger partial charge in [0, 0.05) is 10.7 Å². The second kappa shape index (κ2) is 7.03. The maximum Gasteiger partial charge on any atom is 0.338 e. The van der Waals surface area contributed by atoms with Crippen LogP contribution in [0.25, 0.3) is 0 Å². The Morgan fingerprint density at radius 2 is 1.75 bits per heavy atom. The molecule has 0 aliphatic rings. The van der Waals surface area contributed by atoms with Crippen LogP contribution in [0.1, 0.15) is 10.4 Å². The summed E-state index contributed by atoms with van der Waals surface area (Å²) >= 11 is 10.9. The van der Waals surface area contributed by atoms with Gasteiger partial charge in [0.2, 0.25) is 0 Å². The van der Waals surface area contributed by atoms with Crippen molar-refractivity contribution in [3.8, 4) is 0 Å². The highest BCUT2D eigenvalue weighted by Gasteiger charge is 2.08. The first-order chi connectivity index (χ1) is 9.65. The lowest BCUT2D eigenvalue weighted by atomic mass is 10.2. The number of nitrogens with one attached hydrogen (secondary N) is 1. The first-order valence-electron chi connectivity index (χ1n) is 5.93. The number of thiocarbonyl (C=S) groups is 1. The molecule has 0 amide bonds. The van der Waals surface area contributed by atoms with Crippen LogP contribution in [-0.2, 0) is 4.74 Å². The molecule has 2 aromatic carbocycles. The third-order valence-corrected chi connectivity index (χ3v) is 2.94. The average molecular weight is 306 g/mol. The van der Waals surface area contributed by atoms with E-state index >= 15 is 0 Å². The molecule has 5 heteroatoms. The van der Waals surface area contributed by atoms with Gasteiger partial charge in [0.15, 0.2) is 0 Å². The predicted molar refractivity (Wildman–Crippen MR) is 84.4 cm³/mol. The number of esters is 1. The van der Waals surface area contributed by atoms with E-state index in [0.717, 1.165) is 5.69 Å². The fourth-order valence-electron chi connectivity index (χ4n) is 1.52. The minimum absolute atomic E-state index is 0.0334. The van der Waals surface area contributed by atoms with E-state index < -0.39 is 5.97 Å². The molecule has 102 valence electrons. The molecule has 2 aromatic rings. The van der Waals surface area contributed by atoms with E-state index in [9.17, 15) is 4.79 Å². The molecule has 20 heavy (non-hydrogen) atoms. The van der Waals surface area contributed by atoms with Crippen molar-refractivity contribution < 1.29 is 9.53 Å². The van der Waals surface area contributed by atoms with Crippen LogP contribution in [0.3, 0.4) is 0 Å². The Morgan fingerprint density at radius 1 is 1.10 bits per heavy atom. The Kier molecular flexibility index (Phi) is 5.09. The number of carbonyl (C=O) groups excluding carboxylic acids is 1. The monoisotopic (exact) mass is 305 g/mol. The zero-order valence-electron chi connectivity index (χ0n) is 10.5. The zero-order valence-corrected chi connectivity index (χ0v) is 12.1. The first-order valence-corrected chi connectivity index (χ1v) is 6.71. The highest BCUT2D eigenvalue weighted by Crippen LogP contribution is 2.10. The molecule has 0 saturated carbocycles. The van der Waals surface area contributed by atoms with Crippen LogP contribution in [-0.4, -0.2) is 17.6 Å². The smallest absolute Gasteiger partial charge is 0.338 e. The molecule has 0 aliphatic heterocycles. The first kappa shape index (κ1) is 14.5. The molecular weight excluding hydrogens is 294 g/mol. The van der Waals surface area contributed by atoms with Crippen molar-refractivity contribution >= 4 is 40.5 Å². The van der Waals surface area contributed by atoms with Crippen molar-refractivity contribution in [1.29, 1.82) is 0 Å². The second-order valence-corrected chi connectivity index (χ2v) is 4.93. The van der Waals surface area contributed by atoms with Crippen LogP contribution in [0.5, 0.6) is 0 Å². The fourth-order valence-corrected chi connectivity index (χ4v) is 1.82. The van der Waals surface area contributed by atoms with E-state index in [-0.39, 0.29) is 6.61 Å². The molecule has 0 atom stereocenters. The number of hydrogen-bond acceptors (Lipinski definition) is 3. The summed E-state index contributed by atoms with van der Waals surface area (Å²) in [7, 11) is 0. The van der Waals surface area contributed by atoms with Crippen LogP contribution in [0, 0.1) is 0 Å². The quantitative estimate of drug-likeness (QED) is 0.686. The third-order valence-electron chi connectivity index (χ3n) is 2.47. The standard InChI is InChI=1S/C15H12ClNO2S/c16-12-8-6-11(7-9-12)15(18)19-10-14(20)17-13-4-2-1-3-5-13/h1-9H,10H2,(H,17,20). The SMILES string of the molecule is O=C(OCC(=S)Nc1ccccc1)c1ccc(Cl)cc1. The van der Waals surface area contributed by atoms with Gasteiger partial charge in [0.05, 0.1) is 5.56 Å². The minimum Gasteiger partial charge on any atom is -0.455 e. The van der Waals surface area contributed by atoms with Crippen LogP contribution < -0.4 is 5.32 Å². The van der Waals surface area contributed by atoms with E-state index in [1.54, 1.807) is 24.3 Å². The molecule has 0 radical (unpaired) electrons. The van der Waals surface area contributed by atoms with Gasteiger partial charge in [-0.15, -0.1) is 0 Å². The second-order valence-electron chi connectivity index (χ2n) is 4.00. The van der Waals surface area contributed by atoms with Crippen LogP contribution >= 0.6 is 23.8 Å². The normalized spacial score (nSPS) is 9.85. The van der Waals surface area contributed by atoms with Crippen molar-refractivity contribution in [3.05, 3.63) is 65.2 Å². The molecule has 0 aliphatic carbocycles. The Morgan fingerprint density at radius 3 is 2.40 bits per heavy atom. The highest BCUT2D eigenvalue weighted by molar-refractivity contribution is 7.80. The molecule has 2 rings (SSSR count). The summed E-state index contributed by atoms with van der Waals surface area (Å²) in [5.74, 6) is -0.432. The van der Waals surface area contributed by atoms with Crippen LogP contribution in [0.2, 0.25) is 5.02 Å². The molecule has 0 fully saturated rings. The summed E-state index contributed by atoms with van der Waals surface area (Å²) in [6, 6.07) is 16.0. The fraction of sp³-hybridized carbons (Fsp3) is 0.0667. The molecule has 0 unspecified atom stereocenters. The van der Waals surface area contributed by atoms with E-state index in [4.69, 9.17) is 28.6 Å². The van der Waals surface area contributed by atoms with Gasteiger partial charge in [-0.2, -0.15) is 0 Å². The van der Waals surface area contributed by atoms with E-state index in [0.29, 0.717) is 15.6 Å². The summed E-state index contributed by atoms with van der Waals surface area (Å²) < 4.78 is 5.12. The Labute approximate surface area is 127 Å². The van der Waals surface area contributed by atoms with Crippen LogP contribution in [0.4, 0.5) is 5.69 Å². The lowest BCUT2D eigenvalue weighted by Gasteiger charge is -2.08. The van der Waals surface area contributed by atoms with Gasteiger partial charge in [-0.25, -0.2) is 4.79 Å². The van der Waals surface area contributed by atoms with Gasteiger partial charge >= 0.3 is 5.97 Å². The van der Waals surface area contributed by atoms with Gasteiger partial charge in [0.25, 0.3) is 0 Å². The topological polar surface area (TPSA) is 38.3 Å². The molecule has 0 heterocycles. The maximum atomic E-state index is 11.8. The number of anilines is 1. The average Bonchev–Trinajstić information content (AvgIpc) is 2.46. The minimum atomic E-state index is -0.432. The Hall–Kier alpha value is -1.91. The number of benzene rings is 2. The number of ether oxygens (including phenoxy) is 1. The molecule has 0 saturated heterocycles. The summed E-state index contributed by atoms with van der Waals surface area (Å²) in [4.78, 5) is 12.2. The maximum absolute atomic E-state index is 11.8. The van der Waals surface area contributed by atoms with E-state index in [2.05, 4.69) is 5.32 Å². The van der Waals surface area contributed by atoms with Crippen molar-refractivity contribution in [2.24, 2.45) is 0 Å². The van der Waals surface area contributed by atoms with Crippen LogP contribution in [0.15, 0.2) is 54.6 Å². The Bertz CT molecular complexity index is 599. The van der Waals surface area contributed by atoms with Crippen molar-refractivity contribution in [2.45, 2.75) is 0 Å². The van der Waals surface area contributed by atoms with Crippen molar-refractivity contribution in [2.75, 3.05) is 11.9 Å². The number of halogens is 1. The summed E-state index contributed by atoms with van der Waals surface area (Å²) in [5.41, 5.74) is 1.30. The summed E-state index contributed by atoms with van der Waals surface area (Å²) in [6.07, 6.45) is 0. The number of rotatable bonds is 4. The molecule has 0 bridgehead atoms. The lowest BCUT2D eigenvalue weighted by molar-refractivity contribution is 0.0565. The molecule has 0 spiro atoms. The number of carbonyl (C=O) groups is 1. The molecule has 3 nitrogen and oxygen atoms in total. The molecule has 0 aromatic heterocycles. The molecular formula is C15H12ClNO2S. The Balaban J connectivity index is 1.84. The van der Waals surface area contributed by atoms with Gasteiger partial charge in [0.1, 0.15) is 11.6 Å². The van der Waals surface area contributed by atoms with Gasteiger partial charge in [-0.3, -0.25) is 0 Å². The summed E-state index contributed by atoms with van der Waals surface area (Å²) in [5, 5.41) is 3.56. The van der Waals surface area contributed by atoms with Gasteiger partial charge in [-0.1, -0.05) is 42.0 Å². The largest absolute Gasteiger partial charge is 0.455 e. The zero-order chi connectivity index (χ0) is 14.4. The molecule has 1 N–H and O–H groups in total. The number of para-hydroxylation sites is 1. The third kappa shape index (κ3) is 4.33. The van der Waals surface area contributed by atoms with Gasteiger partial charge in [-0.05, 0) is 36.4 Å². The van der Waals surface area contributed by atoms with E-state index in [1.165, 1.54) is 0 Å². The van der Waals surface area contributed by atoms with Crippen molar-refractivity contribution in [1.82, 2.24) is 0 Å². The lowest BCUT2D eigenvalue weighted by Crippen LogP contribution is -2.19. The van der Waals surface area contributed by atoms with Gasteiger partial charge < -0.3 is 10.1 Å². The number of hydrogen-bond donors (Lipinski definition) is 1. The highest BCUT2D eigenvalue weighted by atomic mass is 35.5. The van der Waals surface area contributed by atoms with Crippen molar-refractivity contribution in [3.63, 3.8) is 0 Å². The predicted octanol–water partition coefficient (Wildman–Crippen LogP) is 3.94.